The van der Waals surface area contributed by atoms with Crippen molar-refractivity contribution in [2.45, 2.75) is 78.1 Å². The zero-order chi connectivity index (χ0) is 23.0. The van der Waals surface area contributed by atoms with Crippen LogP contribution in [0.2, 0.25) is 18.1 Å². The zero-order valence-electron chi connectivity index (χ0n) is 19.5. The molecule has 0 spiro atoms. The Labute approximate surface area is 185 Å². The number of thioether (sulfide) groups is 1. The summed E-state index contributed by atoms with van der Waals surface area (Å²) in [6, 6.07) is 0. The summed E-state index contributed by atoms with van der Waals surface area (Å²) in [5, 5.41) is -0.217. The predicted molar refractivity (Wildman–Crippen MR) is 119 cm³/mol. The number of nitrogens with zero attached hydrogens (tertiary/aromatic N) is 1. The molecule has 2 aliphatic heterocycles. The first-order chi connectivity index (χ1) is 13.7. The smallest absolute Gasteiger partial charge is 0.356 e. The van der Waals surface area contributed by atoms with Gasteiger partial charge in [-0.1, -0.05) is 46.4 Å². The fourth-order valence-electron chi connectivity index (χ4n) is 3.13. The minimum absolute atomic E-state index is 0.0289. The van der Waals surface area contributed by atoms with Crippen LogP contribution in [0.3, 0.4) is 0 Å². The molecule has 1 amide bonds. The van der Waals surface area contributed by atoms with Crippen molar-refractivity contribution < 1.29 is 28.3 Å². The lowest BCUT2D eigenvalue weighted by atomic mass is 9.92. The molecule has 0 saturated carbocycles. The van der Waals surface area contributed by atoms with Crippen LogP contribution in [0, 0.1) is 11.8 Å². The molecule has 0 N–H and O–H groups in total. The highest BCUT2D eigenvalue weighted by Crippen LogP contribution is 2.52. The van der Waals surface area contributed by atoms with Gasteiger partial charge in [0.15, 0.2) is 8.32 Å². The summed E-state index contributed by atoms with van der Waals surface area (Å²) in [5.74, 6) is -1.32. The molecule has 2 heterocycles. The van der Waals surface area contributed by atoms with Crippen molar-refractivity contribution in [1.82, 2.24) is 4.90 Å². The molecule has 0 aromatic rings. The predicted octanol–water partition coefficient (Wildman–Crippen LogP) is 3.90. The summed E-state index contributed by atoms with van der Waals surface area (Å²) in [7, 11) is -2.05. The van der Waals surface area contributed by atoms with Crippen molar-refractivity contribution in [1.29, 1.82) is 0 Å². The second-order valence-corrected chi connectivity index (χ2v) is 15.8. The molecule has 2 aliphatic rings. The molecule has 0 aromatic heterocycles. The Bertz CT molecular complexity index is 742. The number of fused-ring (bicyclic) bond motifs is 1. The van der Waals surface area contributed by atoms with E-state index in [0.717, 1.165) is 0 Å². The van der Waals surface area contributed by atoms with E-state index in [0.29, 0.717) is 4.91 Å². The van der Waals surface area contributed by atoms with E-state index < -0.39 is 20.3 Å². The standard InChI is InChI=1S/C21H35NO6SSi/c1-12(2)10-27-20(25)17-15(11-26-14(4)23)29-19-16(18(24)22(17)19)13(3)28-30(8,9)21(5,6)7/h12-13,16,19H,10-11H2,1-9H3/t13?,16-,19+/m0/s1. The highest BCUT2D eigenvalue weighted by molar-refractivity contribution is 8.04. The van der Waals surface area contributed by atoms with Gasteiger partial charge < -0.3 is 13.9 Å². The second kappa shape index (κ2) is 9.04. The molecule has 0 bridgehead atoms. The Balaban J connectivity index is 2.20. The lowest BCUT2D eigenvalue weighted by Crippen LogP contribution is -2.62. The number of hydrogen-bond acceptors (Lipinski definition) is 7. The number of carbonyl (C=O) groups is 3. The van der Waals surface area contributed by atoms with E-state index in [1.165, 1.54) is 23.6 Å². The first-order valence-electron chi connectivity index (χ1n) is 10.4. The minimum atomic E-state index is -2.05. The average Bonchev–Trinajstić information content (AvgIpc) is 2.90. The van der Waals surface area contributed by atoms with Gasteiger partial charge in [-0.15, -0.1) is 0 Å². The summed E-state index contributed by atoms with van der Waals surface area (Å²) < 4.78 is 17.0. The van der Waals surface area contributed by atoms with Crippen LogP contribution in [-0.4, -0.2) is 55.8 Å². The molecule has 7 nitrogen and oxygen atoms in total. The zero-order valence-corrected chi connectivity index (χ0v) is 21.3. The van der Waals surface area contributed by atoms with Gasteiger partial charge in [0.25, 0.3) is 0 Å². The van der Waals surface area contributed by atoms with Crippen LogP contribution >= 0.6 is 11.8 Å². The van der Waals surface area contributed by atoms with Crippen LogP contribution in [0.15, 0.2) is 10.6 Å². The topological polar surface area (TPSA) is 82.1 Å². The number of carbonyl (C=O) groups excluding carboxylic acids is 3. The third kappa shape index (κ3) is 5.11. The van der Waals surface area contributed by atoms with Crippen molar-refractivity contribution >= 4 is 37.9 Å². The Morgan fingerprint density at radius 1 is 1.17 bits per heavy atom. The molecule has 30 heavy (non-hydrogen) atoms. The highest BCUT2D eigenvalue weighted by Gasteiger charge is 2.59. The maximum Gasteiger partial charge on any atom is 0.356 e. The van der Waals surface area contributed by atoms with Crippen LogP contribution in [0.4, 0.5) is 0 Å². The SMILES string of the molecule is CC(=O)OCC1=C(C(=O)OCC(C)C)N2C(=O)[C@H](C(C)O[Si](C)(C)C(C)(C)C)[C@H]2S1. The van der Waals surface area contributed by atoms with E-state index in [-0.39, 0.29) is 53.2 Å². The molecule has 9 heteroatoms. The molecule has 1 unspecified atom stereocenters. The molecule has 0 aromatic carbocycles. The molecule has 1 saturated heterocycles. The van der Waals surface area contributed by atoms with Gasteiger partial charge in [-0.25, -0.2) is 4.79 Å². The summed E-state index contributed by atoms with van der Waals surface area (Å²) in [6.45, 7) is 18.1. The maximum atomic E-state index is 13.1. The summed E-state index contributed by atoms with van der Waals surface area (Å²) in [4.78, 5) is 39.1. The van der Waals surface area contributed by atoms with Crippen LogP contribution in [0.1, 0.15) is 48.5 Å². The van der Waals surface area contributed by atoms with Crippen LogP contribution < -0.4 is 0 Å². The van der Waals surface area contributed by atoms with Gasteiger partial charge in [0.1, 0.15) is 17.7 Å². The van der Waals surface area contributed by atoms with Gasteiger partial charge >= 0.3 is 11.9 Å². The van der Waals surface area contributed by atoms with E-state index in [1.807, 2.05) is 20.8 Å². The van der Waals surface area contributed by atoms with Gasteiger partial charge in [0.05, 0.1) is 23.5 Å². The molecule has 3 atom stereocenters. The van der Waals surface area contributed by atoms with Gasteiger partial charge in [-0.3, -0.25) is 14.5 Å². The van der Waals surface area contributed by atoms with Gasteiger partial charge in [0.2, 0.25) is 5.91 Å². The third-order valence-electron chi connectivity index (χ3n) is 5.79. The minimum Gasteiger partial charge on any atom is -0.461 e. The average molecular weight is 458 g/mol. The first kappa shape index (κ1) is 24.9. The summed E-state index contributed by atoms with van der Waals surface area (Å²) in [6.07, 6.45) is -0.270. The van der Waals surface area contributed by atoms with E-state index in [2.05, 4.69) is 33.9 Å². The fraction of sp³-hybridized carbons (Fsp3) is 0.762. The van der Waals surface area contributed by atoms with E-state index in [9.17, 15) is 14.4 Å². The monoisotopic (exact) mass is 457 g/mol. The van der Waals surface area contributed by atoms with Crippen LogP contribution in [0.5, 0.6) is 0 Å². The number of esters is 2. The highest BCUT2D eigenvalue weighted by atomic mass is 32.2. The molecular weight excluding hydrogens is 422 g/mol. The van der Waals surface area contributed by atoms with E-state index in [4.69, 9.17) is 13.9 Å². The molecule has 0 radical (unpaired) electrons. The largest absolute Gasteiger partial charge is 0.461 e. The van der Waals surface area contributed by atoms with Crippen molar-refractivity contribution in [3.05, 3.63) is 10.6 Å². The second-order valence-electron chi connectivity index (χ2n) is 9.87. The van der Waals surface area contributed by atoms with Crippen molar-refractivity contribution in [2.75, 3.05) is 13.2 Å². The summed E-state index contributed by atoms with van der Waals surface area (Å²) >= 11 is 1.39. The lowest BCUT2D eigenvalue weighted by Gasteiger charge is -2.48. The van der Waals surface area contributed by atoms with Gasteiger partial charge in [-0.2, -0.15) is 0 Å². The maximum absolute atomic E-state index is 13.1. The molecule has 170 valence electrons. The van der Waals surface area contributed by atoms with Crippen LogP contribution in [0.25, 0.3) is 0 Å². The number of ether oxygens (including phenoxy) is 2. The van der Waals surface area contributed by atoms with E-state index >= 15 is 0 Å². The molecule has 2 rings (SSSR count). The Kier molecular flexibility index (Phi) is 7.52. The molecule has 1 fully saturated rings. The van der Waals surface area contributed by atoms with E-state index in [1.54, 1.807) is 0 Å². The number of amides is 1. The fourth-order valence-corrected chi connectivity index (χ4v) is 6.07. The summed E-state index contributed by atoms with van der Waals surface area (Å²) in [5.41, 5.74) is 0.202. The van der Waals surface area contributed by atoms with Crippen molar-refractivity contribution in [3.8, 4) is 0 Å². The van der Waals surface area contributed by atoms with Gasteiger partial charge in [-0.05, 0) is 31.0 Å². The van der Waals surface area contributed by atoms with Gasteiger partial charge in [0, 0.05) is 6.92 Å². The Morgan fingerprint density at radius 3 is 2.27 bits per heavy atom. The lowest BCUT2D eigenvalue weighted by molar-refractivity contribution is -0.158. The third-order valence-corrected chi connectivity index (χ3v) is 11.7. The molecular formula is C21H35NO6SSi. The number of rotatable bonds is 8. The van der Waals surface area contributed by atoms with Crippen molar-refractivity contribution in [3.63, 3.8) is 0 Å². The normalized spacial score (nSPS) is 22.7. The Morgan fingerprint density at radius 2 is 1.77 bits per heavy atom. The quantitative estimate of drug-likeness (QED) is 0.310. The number of β-lactam (4-membered cyclic amide) rings is 1. The first-order valence-corrected chi connectivity index (χ1v) is 14.2. The Hall–Kier alpha value is -1.32. The van der Waals surface area contributed by atoms with Crippen LogP contribution in [-0.2, 0) is 28.3 Å². The number of hydrogen-bond donors (Lipinski definition) is 0. The van der Waals surface area contributed by atoms with Crippen molar-refractivity contribution in [2.24, 2.45) is 11.8 Å². The molecule has 0 aliphatic carbocycles.